The molecule has 1 heterocycles. The lowest BCUT2D eigenvalue weighted by atomic mass is 10.2. The zero-order valence-corrected chi connectivity index (χ0v) is 11.0. The molecule has 1 fully saturated rings. The Kier molecular flexibility index (Phi) is 6.28. The molecular weight excluding hydrogens is 204 g/mol. The van der Waals surface area contributed by atoms with Crippen molar-refractivity contribution < 1.29 is 9.47 Å². The Morgan fingerprint density at radius 1 is 1.38 bits per heavy atom. The van der Waals surface area contributed by atoms with Crippen molar-refractivity contribution in [3.05, 3.63) is 0 Å². The van der Waals surface area contributed by atoms with Gasteiger partial charge in [0.05, 0.1) is 12.7 Å². The summed E-state index contributed by atoms with van der Waals surface area (Å²) in [5, 5.41) is 3.58. The maximum Gasteiger partial charge on any atom is 0.0931 e. The molecule has 0 saturated carbocycles. The summed E-state index contributed by atoms with van der Waals surface area (Å²) in [6.45, 7) is 8.34. The summed E-state index contributed by atoms with van der Waals surface area (Å²) in [7, 11) is 3.47. The molecule has 1 aliphatic rings. The summed E-state index contributed by atoms with van der Waals surface area (Å²) in [5.41, 5.74) is 0. The molecule has 0 radical (unpaired) electrons. The zero-order chi connectivity index (χ0) is 12.0. The van der Waals surface area contributed by atoms with Crippen molar-refractivity contribution in [1.29, 1.82) is 0 Å². The molecule has 1 N–H and O–H groups in total. The summed E-state index contributed by atoms with van der Waals surface area (Å²) < 4.78 is 10.5. The molecule has 1 saturated heterocycles. The Morgan fingerprint density at radius 3 is 2.69 bits per heavy atom. The van der Waals surface area contributed by atoms with Gasteiger partial charge in [-0.2, -0.15) is 0 Å². The first-order valence-electron chi connectivity index (χ1n) is 6.15. The second-order valence-electron chi connectivity index (χ2n) is 4.88. The fraction of sp³-hybridized carbons (Fsp3) is 1.00. The molecule has 4 heteroatoms. The molecule has 0 bridgehead atoms. The second kappa shape index (κ2) is 7.22. The average molecular weight is 230 g/mol. The normalized spacial score (nSPS) is 24.2. The zero-order valence-electron chi connectivity index (χ0n) is 11.0. The quantitative estimate of drug-likeness (QED) is 0.699. The second-order valence-corrected chi connectivity index (χ2v) is 4.88. The van der Waals surface area contributed by atoms with E-state index in [9.17, 15) is 0 Å². The Labute approximate surface area is 99.3 Å². The van der Waals surface area contributed by atoms with E-state index in [2.05, 4.69) is 24.1 Å². The first-order chi connectivity index (χ1) is 7.65. The molecular formula is C12H26N2O2. The van der Waals surface area contributed by atoms with Crippen LogP contribution in [0.1, 0.15) is 20.3 Å². The van der Waals surface area contributed by atoms with Crippen LogP contribution in [-0.4, -0.2) is 63.5 Å². The van der Waals surface area contributed by atoms with E-state index in [-0.39, 0.29) is 6.10 Å². The van der Waals surface area contributed by atoms with Gasteiger partial charge >= 0.3 is 0 Å². The van der Waals surface area contributed by atoms with E-state index in [4.69, 9.17) is 9.47 Å². The molecule has 1 aliphatic heterocycles. The average Bonchev–Trinajstić information content (AvgIpc) is 2.64. The standard InChI is InChI=1S/C12H26N2O2/c1-10(2)13-11-5-6-14(7-11)8-12(16-4)9-15-3/h10-13H,5-9H2,1-4H3. The van der Waals surface area contributed by atoms with Gasteiger partial charge in [-0.15, -0.1) is 0 Å². The number of hydrogen-bond donors (Lipinski definition) is 1. The summed E-state index contributed by atoms with van der Waals surface area (Å²) in [5.74, 6) is 0. The Balaban J connectivity index is 2.24. The molecule has 4 nitrogen and oxygen atoms in total. The number of nitrogens with zero attached hydrogens (tertiary/aromatic N) is 1. The van der Waals surface area contributed by atoms with Crippen LogP contribution in [0.2, 0.25) is 0 Å². The van der Waals surface area contributed by atoms with Crippen LogP contribution in [0.25, 0.3) is 0 Å². The topological polar surface area (TPSA) is 33.7 Å². The van der Waals surface area contributed by atoms with Gasteiger partial charge in [-0.3, -0.25) is 4.90 Å². The van der Waals surface area contributed by atoms with Crippen molar-refractivity contribution in [1.82, 2.24) is 10.2 Å². The smallest absolute Gasteiger partial charge is 0.0931 e. The van der Waals surface area contributed by atoms with E-state index in [1.165, 1.54) is 6.42 Å². The molecule has 1 rings (SSSR count). The first-order valence-corrected chi connectivity index (χ1v) is 6.15. The highest BCUT2D eigenvalue weighted by molar-refractivity contribution is 4.83. The van der Waals surface area contributed by atoms with Crippen LogP contribution < -0.4 is 5.32 Å². The van der Waals surface area contributed by atoms with Crippen molar-refractivity contribution in [3.63, 3.8) is 0 Å². The lowest BCUT2D eigenvalue weighted by Gasteiger charge is -2.22. The maximum absolute atomic E-state index is 5.38. The highest BCUT2D eigenvalue weighted by atomic mass is 16.5. The Bertz CT molecular complexity index is 188. The van der Waals surface area contributed by atoms with Gasteiger partial charge in [-0.25, -0.2) is 0 Å². The Hall–Kier alpha value is -0.160. The van der Waals surface area contributed by atoms with Crippen LogP contribution in [-0.2, 0) is 9.47 Å². The molecule has 0 aromatic rings. The molecule has 0 amide bonds. The van der Waals surface area contributed by atoms with Crippen LogP contribution in [0.4, 0.5) is 0 Å². The van der Waals surface area contributed by atoms with Crippen molar-refractivity contribution in [3.8, 4) is 0 Å². The molecule has 96 valence electrons. The SMILES string of the molecule is COCC(CN1CCC(NC(C)C)C1)OC. The molecule has 16 heavy (non-hydrogen) atoms. The van der Waals surface area contributed by atoms with Crippen molar-refractivity contribution in [2.45, 2.75) is 38.5 Å². The Morgan fingerprint density at radius 2 is 2.12 bits per heavy atom. The van der Waals surface area contributed by atoms with Gasteiger partial charge in [0.25, 0.3) is 0 Å². The summed E-state index contributed by atoms with van der Waals surface area (Å²) >= 11 is 0. The van der Waals surface area contributed by atoms with Gasteiger partial charge in [0.1, 0.15) is 0 Å². The van der Waals surface area contributed by atoms with E-state index >= 15 is 0 Å². The summed E-state index contributed by atoms with van der Waals surface area (Å²) in [4.78, 5) is 2.45. The maximum atomic E-state index is 5.38. The third-order valence-corrected chi connectivity index (χ3v) is 2.99. The molecule has 0 aromatic heterocycles. The van der Waals surface area contributed by atoms with Gasteiger partial charge in [0, 0.05) is 39.4 Å². The monoisotopic (exact) mass is 230 g/mol. The van der Waals surface area contributed by atoms with Gasteiger partial charge in [0.2, 0.25) is 0 Å². The molecule has 2 atom stereocenters. The third-order valence-electron chi connectivity index (χ3n) is 2.99. The fourth-order valence-corrected chi connectivity index (χ4v) is 2.28. The predicted octanol–water partition coefficient (Wildman–Crippen LogP) is 0.720. The van der Waals surface area contributed by atoms with E-state index in [0.29, 0.717) is 18.7 Å². The number of ether oxygens (including phenoxy) is 2. The molecule has 0 aromatic carbocycles. The fourth-order valence-electron chi connectivity index (χ4n) is 2.28. The number of likely N-dealkylation sites (tertiary alicyclic amines) is 1. The van der Waals surface area contributed by atoms with Crippen LogP contribution >= 0.6 is 0 Å². The third kappa shape index (κ3) is 4.78. The minimum absolute atomic E-state index is 0.197. The predicted molar refractivity (Wildman–Crippen MR) is 65.8 cm³/mol. The highest BCUT2D eigenvalue weighted by Crippen LogP contribution is 2.11. The highest BCUT2D eigenvalue weighted by Gasteiger charge is 2.24. The molecule has 0 spiro atoms. The van der Waals surface area contributed by atoms with Gasteiger partial charge in [-0.05, 0) is 13.0 Å². The van der Waals surface area contributed by atoms with Gasteiger partial charge < -0.3 is 14.8 Å². The van der Waals surface area contributed by atoms with Crippen molar-refractivity contribution in [2.75, 3.05) is 40.5 Å². The van der Waals surface area contributed by atoms with Crippen LogP contribution in [0.5, 0.6) is 0 Å². The minimum atomic E-state index is 0.197. The number of methoxy groups -OCH3 is 2. The van der Waals surface area contributed by atoms with Crippen LogP contribution in [0, 0.1) is 0 Å². The molecule has 2 unspecified atom stereocenters. The van der Waals surface area contributed by atoms with Gasteiger partial charge in [-0.1, -0.05) is 13.8 Å². The van der Waals surface area contributed by atoms with E-state index in [0.717, 1.165) is 19.6 Å². The first kappa shape index (κ1) is 13.9. The van der Waals surface area contributed by atoms with Crippen molar-refractivity contribution >= 4 is 0 Å². The lowest BCUT2D eigenvalue weighted by Crippen LogP contribution is -2.39. The van der Waals surface area contributed by atoms with Crippen LogP contribution in [0.3, 0.4) is 0 Å². The number of rotatable bonds is 7. The van der Waals surface area contributed by atoms with Crippen molar-refractivity contribution in [2.24, 2.45) is 0 Å². The van der Waals surface area contributed by atoms with Crippen LogP contribution in [0.15, 0.2) is 0 Å². The van der Waals surface area contributed by atoms with Gasteiger partial charge in [0.15, 0.2) is 0 Å². The lowest BCUT2D eigenvalue weighted by molar-refractivity contribution is 0.00971. The van der Waals surface area contributed by atoms with E-state index in [1.807, 2.05) is 0 Å². The number of nitrogens with one attached hydrogen (secondary N) is 1. The largest absolute Gasteiger partial charge is 0.382 e. The summed E-state index contributed by atoms with van der Waals surface area (Å²) in [6, 6.07) is 1.21. The summed E-state index contributed by atoms with van der Waals surface area (Å²) in [6.07, 6.45) is 1.43. The number of hydrogen-bond acceptors (Lipinski definition) is 4. The molecule has 0 aliphatic carbocycles. The minimum Gasteiger partial charge on any atom is -0.382 e. The van der Waals surface area contributed by atoms with E-state index in [1.54, 1.807) is 14.2 Å². The van der Waals surface area contributed by atoms with E-state index < -0.39 is 0 Å².